The van der Waals surface area contributed by atoms with Crippen LogP contribution in [0.2, 0.25) is 5.02 Å². The van der Waals surface area contributed by atoms with Crippen molar-refractivity contribution in [2.45, 2.75) is 13.8 Å². The van der Waals surface area contributed by atoms with Crippen molar-refractivity contribution in [3.8, 4) is 17.0 Å². The van der Waals surface area contributed by atoms with E-state index in [1.807, 2.05) is 13.8 Å². The molecule has 2 aromatic rings. The van der Waals surface area contributed by atoms with Crippen LogP contribution in [0.3, 0.4) is 0 Å². The van der Waals surface area contributed by atoms with Crippen LogP contribution in [-0.4, -0.2) is 35.6 Å². The number of allylic oxidation sites excluding steroid dienone is 1. The first-order chi connectivity index (χ1) is 13.4. The molecular formula is C20H24ClN5O2. The van der Waals surface area contributed by atoms with Gasteiger partial charge in [0.1, 0.15) is 12.4 Å². The van der Waals surface area contributed by atoms with Gasteiger partial charge in [-0.3, -0.25) is 14.5 Å². The quantitative estimate of drug-likeness (QED) is 0.401. The second kappa shape index (κ2) is 9.87. The van der Waals surface area contributed by atoms with Gasteiger partial charge in [-0.15, -0.1) is 0 Å². The van der Waals surface area contributed by atoms with Gasteiger partial charge in [0.05, 0.1) is 22.5 Å². The molecule has 0 aliphatic rings. The van der Waals surface area contributed by atoms with E-state index in [1.54, 1.807) is 42.2 Å². The second-order valence-electron chi connectivity index (χ2n) is 6.26. The molecule has 28 heavy (non-hydrogen) atoms. The lowest BCUT2D eigenvalue weighted by atomic mass is 10.1. The van der Waals surface area contributed by atoms with Gasteiger partial charge in [-0.1, -0.05) is 17.2 Å². The van der Waals surface area contributed by atoms with E-state index < -0.39 is 0 Å². The molecule has 7 nitrogen and oxygen atoms in total. The summed E-state index contributed by atoms with van der Waals surface area (Å²) in [5.41, 5.74) is 8.88. The minimum Gasteiger partial charge on any atom is -0.492 e. The van der Waals surface area contributed by atoms with E-state index in [9.17, 15) is 4.79 Å². The molecule has 0 atom stereocenters. The number of nitrogens with two attached hydrogens (primary N) is 1. The normalized spacial score (nSPS) is 11.1. The number of nitrogens with one attached hydrogen (secondary N) is 1. The van der Waals surface area contributed by atoms with Crippen LogP contribution in [0.15, 0.2) is 52.8 Å². The molecule has 0 radical (unpaired) electrons. The molecule has 0 spiro atoms. The molecule has 3 N–H and O–H groups in total. The number of carbonyl (C=O) groups is 1. The summed E-state index contributed by atoms with van der Waals surface area (Å²) in [5.74, 6) is 0.299. The highest BCUT2D eigenvalue weighted by atomic mass is 35.5. The molecule has 0 bridgehead atoms. The smallest absolute Gasteiger partial charge is 0.257 e. The lowest BCUT2D eigenvalue weighted by Gasteiger charge is -2.14. The Morgan fingerprint density at radius 2 is 2.21 bits per heavy atom. The maximum absolute atomic E-state index is 12.6. The largest absolute Gasteiger partial charge is 0.492 e. The molecule has 8 heteroatoms. The number of aryl methyl sites for hydroxylation is 1. The summed E-state index contributed by atoms with van der Waals surface area (Å²) in [6.45, 7) is 7.95. The summed E-state index contributed by atoms with van der Waals surface area (Å²) >= 11 is 6.31. The van der Waals surface area contributed by atoms with Crippen molar-refractivity contribution in [3.05, 3.63) is 52.8 Å². The number of aromatic nitrogens is 2. The average molecular weight is 402 g/mol. The van der Waals surface area contributed by atoms with Crippen LogP contribution in [0, 0.1) is 0 Å². The van der Waals surface area contributed by atoms with E-state index in [2.05, 4.69) is 22.1 Å². The highest BCUT2D eigenvalue weighted by molar-refractivity contribution is 6.33. The number of rotatable bonds is 8. The fourth-order valence-electron chi connectivity index (χ4n) is 2.58. The Bertz CT molecular complexity index is 907. The summed E-state index contributed by atoms with van der Waals surface area (Å²) in [4.78, 5) is 16.3. The zero-order valence-electron chi connectivity index (χ0n) is 16.2. The van der Waals surface area contributed by atoms with E-state index in [1.165, 1.54) is 6.20 Å². The lowest BCUT2D eigenvalue weighted by Crippen LogP contribution is -2.14. The van der Waals surface area contributed by atoms with Crippen molar-refractivity contribution in [2.75, 3.05) is 18.5 Å². The first-order valence-corrected chi connectivity index (χ1v) is 9.02. The number of benzene rings is 1. The Morgan fingerprint density at radius 3 is 2.79 bits per heavy atom. The summed E-state index contributed by atoms with van der Waals surface area (Å²) in [7, 11) is 1.78. The van der Waals surface area contributed by atoms with Crippen LogP contribution in [0.4, 0.5) is 5.69 Å². The van der Waals surface area contributed by atoms with Crippen molar-refractivity contribution in [1.82, 2.24) is 9.78 Å². The minimum atomic E-state index is -0.300. The van der Waals surface area contributed by atoms with Gasteiger partial charge < -0.3 is 15.8 Å². The van der Waals surface area contributed by atoms with E-state index in [0.717, 1.165) is 5.57 Å². The van der Waals surface area contributed by atoms with E-state index in [0.29, 0.717) is 46.4 Å². The third-order valence-electron chi connectivity index (χ3n) is 3.70. The first-order valence-electron chi connectivity index (χ1n) is 8.64. The lowest BCUT2D eigenvalue weighted by molar-refractivity contribution is -0.112. The number of ether oxygens (including phenoxy) is 1. The van der Waals surface area contributed by atoms with E-state index in [-0.39, 0.29) is 5.91 Å². The Labute approximate surface area is 169 Å². The average Bonchev–Trinajstić information content (AvgIpc) is 2.98. The molecule has 1 heterocycles. The first kappa shape index (κ1) is 21.4. The van der Waals surface area contributed by atoms with Gasteiger partial charge in [0.15, 0.2) is 0 Å². The summed E-state index contributed by atoms with van der Waals surface area (Å²) in [6, 6.07) is 5.30. The molecule has 0 aliphatic carbocycles. The van der Waals surface area contributed by atoms with E-state index >= 15 is 0 Å². The number of carbonyl (C=O) groups excluding carboxylic acids is 1. The van der Waals surface area contributed by atoms with Crippen molar-refractivity contribution in [1.29, 1.82) is 0 Å². The van der Waals surface area contributed by atoms with Crippen LogP contribution in [0.1, 0.15) is 13.8 Å². The van der Waals surface area contributed by atoms with Gasteiger partial charge in [-0.25, -0.2) is 0 Å². The monoisotopic (exact) mass is 401 g/mol. The third kappa shape index (κ3) is 5.31. The molecule has 0 unspecified atom stereocenters. The van der Waals surface area contributed by atoms with Gasteiger partial charge in [0, 0.05) is 31.0 Å². The predicted octanol–water partition coefficient (Wildman–Crippen LogP) is 3.57. The van der Waals surface area contributed by atoms with Crippen molar-refractivity contribution in [2.24, 2.45) is 17.8 Å². The number of hydrogen-bond acceptors (Lipinski definition) is 5. The van der Waals surface area contributed by atoms with Crippen molar-refractivity contribution < 1.29 is 9.53 Å². The number of halogens is 1. The molecule has 148 valence electrons. The molecule has 1 aromatic heterocycles. The fraction of sp³-hybridized carbons (Fsp3) is 0.250. The molecule has 0 saturated carbocycles. The SMILES string of the molecule is C=N/C=C(\C=C(C)C)C(=O)Nc1ccc(OCCN)c(-c2c(Cl)cnn2C)c1. The van der Waals surface area contributed by atoms with Gasteiger partial charge >= 0.3 is 0 Å². The molecule has 1 amide bonds. The zero-order chi connectivity index (χ0) is 20.7. The molecular weight excluding hydrogens is 378 g/mol. The maximum atomic E-state index is 12.6. The zero-order valence-corrected chi connectivity index (χ0v) is 17.0. The number of aliphatic imine (C=N–C) groups is 1. The van der Waals surface area contributed by atoms with Crippen LogP contribution in [0.25, 0.3) is 11.3 Å². The minimum absolute atomic E-state index is 0.300. The van der Waals surface area contributed by atoms with Crippen LogP contribution >= 0.6 is 11.6 Å². The molecule has 2 rings (SSSR count). The fourth-order valence-corrected chi connectivity index (χ4v) is 2.84. The number of hydrogen-bond donors (Lipinski definition) is 2. The van der Waals surface area contributed by atoms with Crippen molar-refractivity contribution >= 4 is 29.9 Å². The Balaban J connectivity index is 2.43. The van der Waals surface area contributed by atoms with Gasteiger partial charge in [0.25, 0.3) is 5.91 Å². The third-order valence-corrected chi connectivity index (χ3v) is 3.98. The number of nitrogens with zero attached hydrogens (tertiary/aromatic N) is 3. The molecule has 0 saturated heterocycles. The molecule has 0 fully saturated rings. The van der Waals surface area contributed by atoms with Gasteiger partial charge in [0.2, 0.25) is 0 Å². The van der Waals surface area contributed by atoms with Crippen LogP contribution < -0.4 is 15.8 Å². The second-order valence-corrected chi connectivity index (χ2v) is 6.66. The Hall–Kier alpha value is -2.90. The maximum Gasteiger partial charge on any atom is 0.257 e. The van der Waals surface area contributed by atoms with Crippen LogP contribution in [0.5, 0.6) is 5.75 Å². The molecule has 1 aromatic carbocycles. The topological polar surface area (TPSA) is 94.5 Å². The highest BCUT2D eigenvalue weighted by Crippen LogP contribution is 2.36. The van der Waals surface area contributed by atoms with Gasteiger partial charge in [-0.2, -0.15) is 5.10 Å². The molecule has 0 aliphatic heterocycles. The summed E-state index contributed by atoms with van der Waals surface area (Å²) in [6.07, 6.45) is 4.71. The van der Waals surface area contributed by atoms with Crippen LogP contribution in [-0.2, 0) is 11.8 Å². The Kier molecular flexibility index (Phi) is 7.54. The highest BCUT2D eigenvalue weighted by Gasteiger charge is 2.17. The summed E-state index contributed by atoms with van der Waals surface area (Å²) < 4.78 is 7.38. The van der Waals surface area contributed by atoms with Gasteiger partial charge in [-0.05, 0) is 44.8 Å². The summed E-state index contributed by atoms with van der Waals surface area (Å²) in [5, 5.41) is 7.51. The van der Waals surface area contributed by atoms with E-state index in [4.69, 9.17) is 22.1 Å². The van der Waals surface area contributed by atoms with Crippen molar-refractivity contribution in [3.63, 3.8) is 0 Å². The number of anilines is 1. The predicted molar refractivity (Wildman–Crippen MR) is 114 cm³/mol. The standard InChI is InChI=1S/C20H24ClN5O2/c1-13(2)9-14(11-23-3)20(27)25-15-5-6-18(28-8-7-22)16(10-15)19-17(21)12-24-26(19)4/h5-6,9-12H,3,7-8,22H2,1-2,4H3,(H,25,27)/b14-11+. The number of amides is 1. The Morgan fingerprint density at radius 1 is 1.46 bits per heavy atom.